The van der Waals surface area contributed by atoms with Crippen LogP contribution in [-0.2, 0) is 27.3 Å². The first-order valence-corrected chi connectivity index (χ1v) is 13.9. The number of nitrogens with one attached hydrogen (secondary N) is 3. The van der Waals surface area contributed by atoms with E-state index in [1.807, 2.05) is 50.2 Å². The second-order valence-corrected chi connectivity index (χ2v) is 10.8. The fourth-order valence-corrected chi connectivity index (χ4v) is 5.25. The van der Waals surface area contributed by atoms with Gasteiger partial charge in [0.1, 0.15) is 6.04 Å². The summed E-state index contributed by atoms with van der Waals surface area (Å²) in [5.41, 5.74) is 3.49. The Labute approximate surface area is 231 Å². The lowest BCUT2D eigenvalue weighted by atomic mass is 10.0. The minimum absolute atomic E-state index is 0.118. The number of benzene rings is 2. The van der Waals surface area contributed by atoms with Gasteiger partial charge in [-0.2, -0.15) is 0 Å². The number of piperazine rings is 1. The van der Waals surface area contributed by atoms with E-state index in [-0.39, 0.29) is 23.8 Å². The van der Waals surface area contributed by atoms with E-state index in [1.165, 1.54) is 5.56 Å². The number of rotatable bonds is 9. The molecule has 0 radical (unpaired) electrons. The van der Waals surface area contributed by atoms with Crippen molar-refractivity contribution in [2.45, 2.75) is 64.5 Å². The SMILES string of the molecule is CN[C@@H](C)C(=O)N[C@H](C(=O)N1CCN(Cc2ccccc2)C[C@@H]1OC(=O)NC1CCc2ccccc21)C(C)C. The number of amides is 3. The van der Waals surface area contributed by atoms with Crippen LogP contribution < -0.4 is 16.0 Å². The van der Waals surface area contributed by atoms with Gasteiger partial charge in [0.05, 0.1) is 18.6 Å². The molecule has 0 aromatic heterocycles. The molecule has 2 aromatic carbocycles. The van der Waals surface area contributed by atoms with Crippen molar-refractivity contribution in [2.24, 2.45) is 5.92 Å². The lowest BCUT2D eigenvalue weighted by Gasteiger charge is -2.42. The maximum absolute atomic E-state index is 13.8. The fourth-order valence-electron chi connectivity index (χ4n) is 5.25. The summed E-state index contributed by atoms with van der Waals surface area (Å²) < 4.78 is 5.96. The van der Waals surface area contributed by atoms with Crippen molar-refractivity contribution in [3.63, 3.8) is 0 Å². The van der Waals surface area contributed by atoms with Gasteiger partial charge in [0.15, 0.2) is 6.23 Å². The molecule has 1 heterocycles. The van der Waals surface area contributed by atoms with E-state index in [0.717, 1.165) is 24.0 Å². The molecule has 2 aliphatic rings. The number of fused-ring (bicyclic) bond motifs is 1. The molecular formula is C30H41N5O4. The van der Waals surface area contributed by atoms with Crippen molar-refractivity contribution >= 4 is 17.9 Å². The van der Waals surface area contributed by atoms with Crippen LogP contribution in [0.25, 0.3) is 0 Å². The Morgan fingerprint density at radius 1 is 1.00 bits per heavy atom. The topological polar surface area (TPSA) is 103 Å². The van der Waals surface area contributed by atoms with Crippen LogP contribution in [0.5, 0.6) is 0 Å². The van der Waals surface area contributed by atoms with Crippen LogP contribution >= 0.6 is 0 Å². The summed E-state index contributed by atoms with van der Waals surface area (Å²) in [4.78, 5) is 43.4. The molecule has 210 valence electrons. The number of ether oxygens (including phenoxy) is 1. The summed E-state index contributed by atoms with van der Waals surface area (Å²) in [5.74, 6) is -0.635. The molecular weight excluding hydrogens is 494 g/mol. The van der Waals surface area contributed by atoms with Crippen LogP contribution in [0, 0.1) is 5.92 Å². The van der Waals surface area contributed by atoms with Crippen LogP contribution in [0.2, 0.25) is 0 Å². The molecule has 1 unspecified atom stereocenters. The zero-order chi connectivity index (χ0) is 27.9. The molecule has 0 saturated carbocycles. The maximum Gasteiger partial charge on any atom is 0.409 e. The first-order chi connectivity index (χ1) is 18.8. The largest absolute Gasteiger partial charge is 0.424 e. The monoisotopic (exact) mass is 535 g/mol. The number of alkyl carbamates (subject to hydrolysis) is 1. The third kappa shape index (κ3) is 7.16. The number of carbonyl (C=O) groups excluding carboxylic acids is 3. The Morgan fingerprint density at radius 2 is 1.72 bits per heavy atom. The molecule has 0 spiro atoms. The van der Waals surface area contributed by atoms with Crippen LogP contribution in [0.3, 0.4) is 0 Å². The van der Waals surface area contributed by atoms with E-state index in [4.69, 9.17) is 4.74 Å². The van der Waals surface area contributed by atoms with Crippen LogP contribution in [0.1, 0.15) is 49.9 Å². The first-order valence-electron chi connectivity index (χ1n) is 13.9. The summed E-state index contributed by atoms with van der Waals surface area (Å²) in [6, 6.07) is 16.9. The van der Waals surface area contributed by atoms with Crippen molar-refractivity contribution in [2.75, 3.05) is 26.7 Å². The second kappa shape index (κ2) is 13.1. The Hall–Kier alpha value is -3.43. The van der Waals surface area contributed by atoms with E-state index in [1.54, 1.807) is 18.9 Å². The van der Waals surface area contributed by atoms with E-state index < -0.39 is 24.4 Å². The highest BCUT2D eigenvalue weighted by Crippen LogP contribution is 2.31. The average Bonchev–Trinajstić information content (AvgIpc) is 3.33. The van der Waals surface area contributed by atoms with E-state index in [9.17, 15) is 14.4 Å². The standard InChI is InChI=1S/C30H41N5O4/c1-20(2)27(33-28(36)21(3)31-4)29(37)35-17-16-34(18-22-10-6-5-7-11-22)19-26(35)39-30(38)32-25-15-14-23-12-8-9-13-24(23)25/h5-13,20-21,25-27,31H,14-19H2,1-4H3,(H,32,38)(H,33,36)/t21-,25?,26-,27-/m0/s1. The molecule has 1 saturated heterocycles. The molecule has 9 nitrogen and oxygen atoms in total. The van der Waals surface area contributed by atoms with Gasteiger partial charge in [-0.25, -0.2) is 4.79 Å². The van der Waals surface area contributed by atoms with Gasteiger partial charge in [0, 0.05) is 19.6 Å². The molecule has 2 aromatic rings. The quantitative estimate of drug-likeness (QED) is 0.456. The molecule has 4 rings (SSSR count). The lowest BCUT2D eigenvalue weighted by molar-refractivity contribution is -0.153. The average molecular weight is 536 g/mol. The van der Waals surface area contributed by atoms with Crippen molar-refractivity contribution in [3.8, 4) is 0 Å². The predicted molar refractivity (Wildman–Crippen MR) is 150 cm³/mol. The molecule has 4 atom stereocenters. The highest BCUT2D eigenvalue weighted by atomic mass is 16.6. The highest BCUT2D eigenvalue weighted by Gasteiger charge is 2.38. The Morgan fingerprint density at radius 3 is 2.44 bits per heavy atom. The van der Waals surface area contributed by atoms with Gasteiger partial charge in [-0.1, -0.05) is 68.4 Å². The number of nitrogens with zero attached hydrogens (tertiary/aromatic N) is 2. The zero-order valence-electron chi connectivity index (χ0n) is 23.4. The fraction of sp³-hybridized carbons (Fsp3) is 0.500. The predicted octanol–water partition coefficient (Wildman–Crippen LogP) is 2.82. The first kappa shape index (κ1) is 28.6. The minimum atomic E-state index is -0.786. The number of carbonyl (C=O) groups is 3. The molecule has 0 bridgehead atoms. The smallest absolute Gasteiger partial charge is 0.409 e. The van der Waals surface area contributed by atoms with Gasteiger partial charge in [-0.3, -0.25) is 14.5 Å². The van der Waals surface area contributed by atoms with E-state index >= 15 is 0 Å². The maximum atomic E-state index is 13.8. The van der Waals surface area contributed by atoms with Crippen molar-refractivity contribution in [3.05, 3.63) is 71.3 Å². The summed E-state index contributed by atoms with van der Waals surface area (Å²) in [7, 11) is 1.70. The van der Waals surface area contributed by atoms with Crippen LogP contribution in [0.15, 0.2) is 54.6 Å². The molecule has 3 amide bonds. The molecule has 1 fully saturated rings. The summed E-state index contributed by atoms with van der Waals surface area (Å²) >= 11 is 0. The van der Waals surface area contributed by atoms with Gasteiger partial charge in [-0.05, 0) is 49.4 Å². The van der Waals surface area contributed by atoms with E-state index in [0.29, 0.717) is 26.2 Å². The summed E-state index contributed by atoms with van der Waals surface area (Å²) in [6.45, 7) is 7.62. The Balaban J connectivity index is 1.49. The van der Waals surface area contributed by atoms with E-state index in [2.05, 4.69) is 39.0 Å². The summed E-state index contributed by atoms with van der Waals surface area (Å²) in [5, 5.41) is 8.83. The van der Waals surface area contributed by atoms with Gasteiger partial charge in [0.2, 0.25) is 11.8 Å². The Kier molecular flexibility index (Phi) is 9.59. The number of likely N-dealkylation sites (N-methyl/N-ethyl adjacent to an activating group) is 1. The number of hydrogen-bond acceptors (Lipinski definition) is 6. The number of hydrogen-bond donors (Lipinski definition) is 3. The lowest BCUT2D eigenvalue weighted by Crippen LogP contribution is -2.62. The molecule has 39 heavy (non-hydrogen) atoms. The third-order valence-electron chi connectivity index (χ3n) is 7.68. The molecule has 1 aliphatic heterocycles. The Bertz CT molecular complexity index is 1140. The second-order valence-electron chi connectivity index (χ2n) is 10.8. The van der Waals surface area contributed by atoms with Crippen molar-refractivity contribution in [1.82, 2.24) is 25.8 Å². The number of aryl methyl sites for hydroxylation is 1. The van der Waals surface area contributed by atoms with Gasteiger partial charge < -0.3 is 25.6 Å². The normalized spacial score (nSPS) is 20.7. The van der Waals surface area contributed by atoms with Crippen molar-refractivity contribution in [1.29, 1.82) is 0 Å². The molecule has 1 aliphatic carbocycles. The third-order valence-corrected chi connectivity index (χ3v) is 7.68. The highest BCUT2D eigenvalue weighted by molar-refractivity contribution is 5.90. The van der Waals surface area contributed by atoms with Crippen LogP contribution in [-0.4, -0.2) is 72.7 Å². The van der Waals surface area contributed by atoms with Crippen molar-refractivity contribution < 1.29 is 19.1 Å². The van der Waals surface area contributed by atoms with Gasteiger partial charge in [-0.15, -0.1) is 0 Å². The minimum Gasteiger partial charge on any atom is -0.424 e. The summed E-state index contributed by atoms with van der Waals surface area (Å²) in [6.07, 6.45) is 0.384. The van der Waals surface area contributed by atoms with Crippen LogP contribution in [0.4, 0.5) is 4.79 Å². The zero-order valence-corrected chi connectivity index (χ0v) is 23.4. The molecule has 9 heteroatoms. The van der Waals surface area contributed by atoms with Gasteiger partial charge in [0.25, 0.3) is 0 Å². The molecule has 3 N–H and O–H groups in total. The van der Waals surface area contributed by atoms with Gasteiger partial charge >= 0.3 is 6.09 Å².